The molecule has 0 aromatic heterocycles. The van der Waals surface area contributed by atoms with Gasteiger partial charge >= 0.3 is 0 Å². The first-order valence-electron chi connectivity index (χ1n) is 10.0. The van der Waals surface area contributed by atoms with Crippen molar-refractivity contribution >= 4 is 27.3 Å². The predicted molar refractivity (Wildman–Crippen MR) is 119 cm³/mol. The third-order valence-electron chi connectivity index (χ3n) is 4.86. The minimum Gasteiger partial charge on any atom is -0.369 e. The van der Waals surface area contributed by atoms with Gasteiger partial charge in [-0.3, -0.25) is 4.79 Å². The Bertz CT molecular complexity index is 921. The van der Waals surface area contributed by atoms with Crippen molar-refractivity contribution in [3.05, 3.63) is 54.1 Å². The van der Waals surface area contributed by atoms with Crippen LogP contribution in [0, 0.1) is 0 Å². The topological polar surface area (TPSA) is 69.7 Å². The molecule has 29 heavy (non-hydrogen) atoms. The van der Waals surface area contributed by atoms with E-state index in [9.17, 15) is 13.2 Å². The van der Waals surface area contributed by atoms with Crippen LogP contribution in [0.15, 0.2) is 53.4 Å². The molecule has 6 nitrogen and oxygen atoms in total. The third kappa shape index (κ3) is 5.36. The van der Waals surface area contributed by atoms with Gasteiger partial charge in [0.25, 0.3) is 5.91 Å². The highest BCUT2D eigenvalue weighted by Crippen LogP contribution is 2.21. The van der Waals surface area contributed by atoms with Crippen LogP contribution in [0.4, 0.5) is 11.4 Å². The van der Waals surface area contributed by atoms with Gasteiger partial charge in [-0.15, -0.1) is 0 Å². The number of sulfonamides is 1. The Hall–Kier alpha value is -2.38. The lowest BCUT2D eigenvalue weighted by Gasteiger charge is -2.27. The average Bonchev–Trinajstić information content (AvgIpc) is 2.70. The van der Waals surface area contributed by atoms with Crippen molar-refractivity contribution in [3.8, 4) is 0 Å². The summed E-state index contributed by atoms with van der Waals surface area (Å²) < 4.78 is 26.8. The monoisotopic (exact) mass is 417 g/mol. The zero-order valence-corrected chi connectivity index (χ0v) is 18.7. The summed E-state index contributed by atoms with van der Waals surface area (Å²) in [4.78, 5) is 15.0. The molecule has 2 aromatic carbocycles. The van der Waals surface area contributed by atoms with Crippen LogP contribution in [-0.4, -0.2) is 44.3 Å². The van der Waals surface area contributed by atoms with E-state index in [-0.39, 0.29) is 10.8 Å². The quantitative estimate of drug-likeness (QED) is 0.664. The molecule has 0 spiro atoms. The Balaban J connectivity index is 2.20. The van der Waals surface area contributed by atoms with E-state index < -0.39 is 10.0 Å². The molecule has 1 amide bonds. The predicted octanol–water partition coefficient (Wildman–Crippen LogP) is 4.20. The van der Waals surface area contributed by atoms with E-state index >= 15 is 0 Å². The van der Waals surface area contributed by atoms with Crippen LogP contribution in [-0.2, 0) is 10.0 Å². The molecule has 2 aromatic rings. The second-order valence-corrected chi connectivity index (χ2v) is 8.94. The van der Waals surface area contributed by atoms with Gasteiger partial charge in [0.2, 0.25) is 10.0 Å². The molecular weight excluding hydrogens is 386 g/mol. The summed E-state index contributed by atoms with van der Waals surface area (Å²) in [7, 11) is -3.61. The first-order valence-corrected chi connectivity index (χ1v) is 11.5. The van der Waals surface area contributed by atoms with Crippen LogP contribution in [0.2, 0.25) is 0 Å². The Labute approximate surface area is 174 Å². The third-order valence-corrected chi connectivity index (χ3v) is 6.91. The van der Waals surface area contributed by atoms with Crippen molar-refractivity contribution < 1.29 is 13.2 Å². The van der Waals surface area contributed by atoms with Crippen LogP contribution in [0.3, 0.4) is 0 Å². The smallest absolute Gasteiger partial charge is 0.255 e. The second-order valence-electron chi connectivity index (χ2n) is 7.00. The Morgan fingerprint density at radius 2 is 1.59 bits per heavy atom. The summed E-state index contributed by atoms with van der Waals surface area (Å²) in [6.07, 6.45) is 0. The molecule has 0 radical (unpaired) electrons. The van der Waals surface area contributed by atoms with Gasteiger partial charge in [-0.1, -0.05) is 19.9 Å². The maximum absolute atomic E-state index is 12.7. The van der Waals surface area contributed by atoms with E-state index in [0.717, 1.165) is 12.2 Å². The highest BCUT2D eigenvalue weighted by molar-refractivity contribution is 7.89. The van der Waals surface area contributed by atoms with Crippen LogP contribution < -0.4 is 10.2 Å². The van der Waals surface area contributed by atoms with Crippen molar-refractivity contribution in [3.63, 3.8) is 0 Å². The number of anilines is 2. The fourth-order valence-electron chi connectivity index (χ4n) is 3.30. The van der Waals surface area contributed by atoms with Crippen molar-refractivity contribution in [1.82, 2.24) is 4.31 Å². The largest absolute Gasteiger partial charge is 0.369 e. The van der Waals surface area contributed by atoms with E-state index in [2.05, 4.69) is 31.0 Å². The number of rotatable bonds is 9. The molecule has 0 saturated carbocycles. The molecule has 0 atom stereocenters. The summed E-state index contributed by atoms with van der Waals surface area (Å²) in [5.74, 6) is -0.342. The first-order chi connectivity index (χ1) is 13.7. The minimum absolute atomic E-state index is 0.125. The highest BCUT2D eigenvalue weighted by Gasteiger charge is 2.22. The number of benzene rings is 2. The Morgan fingerprint density at radius 3 is 2.10 bits per heavy atom. The molecule has 0 aliphatic heterocycles. The molecule has 0 fully saturated rings. The van der Waals surface area contributed by atoms with Crippen molar-refractivity contribution in [2.75, 3.05) is 29.9 Å². The number of hydrogen-bond donors (Lipinski definition) is 1. The number of hydrogen-bond acceptors (Lipinski definition) is 4. The molecule has 0 unspecified atom stereocenters. The summed E-state index contributed by atoms with van der Waals surface area (Å²) in [6, 6.07) is 14.2. The number of nitrogens with zero attached hydrogens (tertiary/aromatic N) is 2. The Morgan fingerprint density at radius 1 is 0.966 bits per heavy atom. The molecule has 0 heterocycles. The lowest BCUT2D eigenvalue weighted by atomic mass is 10.2. The van der Waals surface area contributed by atoms with E-state index in [1.165, 1.54) is 16.4 Å². The van der Waals surface area contributed by atoms with Gasteiger partial charge < -0.3 is 10.2 Å². The fraction of sp³-hybridized carbons (Fsp3) is 0.409. The summed E-state index contributed by atoms with van der Waals surface area (Å²) in [6.45, 7) is 11.6. The number of amides is 1. The molecular formula is C22H31N3O3S. The molecule has 2 rings (SSSR count). The van der Waals surface area contributed by atoms with Crippen LogP contribution in [0.5, 0.6) is 0 Å². The van der Waals surface area contributed by atoms with Gasteiger partial charge in [-0.05, 0) is 63.2 Å². The SMILES string of the molecule is CCN(c1ccc(NC(=O)c2cccc(S(=O)(=O)N(CC)CC)c2)cc1)C(C)C. The lowest BCUT2D eigenvalue weighted by molar-refractivity contribution is 0.102. The van der Waals surface area contributed by atoms with Gasteiger partial charge in [0.15, 0.2) is 0 Å². The molecule has 0 aliphatic rings. The molecule has 7 heteroatoms. The molecule has 158 valence electrons. The first kappa shape index (κ1) is 22.9. The molecule has 0 bridgehead atoms. The normalized spacial score (nSPS) is 11.7. The fourth-order valence-corrected chi connectivity index (χ4v) is 4.80. The highest BCUT2D eigenvalue weighted by atomic mass is 32.2. The maximum Gasteiger partial charge on any atom is 0.255 e. The van der Waals surface area contributed by atoms with Gasteiger partial charge in [-0.2, -0.15) is 4.31 Å². The van der Waals surface area contributed by atoms with Crippen LogP contribution in [0.25, 0.3) is 0 Å². The van der Waals surface area contributed by atoms with Crippen molar-refractivity contribution in [2.45, 2.75) is 45.6 Å². The zero-order chi connectivity index (χ0) is 21.6. The van der Waals surface area contributed by atoms with E-state index in [4.69, 9.17) is 0 Å². The Kier molecular flexibility index (Phi) is 7.81. The zero-order valence-electron chi connectivity index (χ0n) is 17.8. The van der Waals surface area contributed by atoms with Gasteiger partial charge in [0.1, 0.15) is 0 Å². The van der Waals surface area contributed by atoms with Crippen molar-refractivity contribution in [1.29, 1.82) is 0 Å². The molecule has 0 aliphatic carbocycles. The maximum atomic E-state index is 12.7. The second kappa shape index (κ2) is 9.89. The van der Waals surface area contributed by atoms with Crippen molar-refractivity contribution in [2.24, 2.45) is 0 Å². The van der Waals surface area contributed by atoms with Crippen LogP contribution in [0.1, 0.15) is 45.0 Å². The van der Waals surface area contributed by atoms with E-state index in [0.29, 0.717) is 30.4 Å². The van der Waals surface area contributed by atoms with Gasteiger partial charge in [0.05, 0.1) is 4.90 Å². The number of nitrogens with one attached hydrogen (secondary N) is 1. The number of carbonyl (C=O) groups is 1. The lowest BCUT2D eigenvalue weighted by Crippen LogP contribution is -2.30. The van der Waals surface area contributed by atoms with Crippen LogP contribution >= 0.6 is 0 Å². The average molecular weight is 418 g/mol. The standard InChI is InChI=1S/C22H31N3O3S/c1-6-24(7-2)29(27,28)21-11-9-10-18(16-21)22(26)23-19-12-14-20(15-13-19)25(8-3)17(4)5/h9-17H,6-8H2,1-5H3,(H,23,26). The summed E-state index contributed by atoms with van der Waals surface area (Å²) in [5, 5.41) is 2.84. The number of carbonyl (C=O) groups excluding carboxylic acids is 1. The van der Waals surface area contributed by atoms with Gasteiger partial charge in [-0.25, -0.2) is 8.42 Å². The van der Waals surface area contributed by atoms with E-state index in [1.807, 2.05) is 24.3 Å². The van der Waals surface area contributed by atoms with Gasteiger partial charge in [0, 0.05) is 42.6 Å². The minimum atomic E-state index is -3.61. The molecule has 0 saturated heterocycles. The summed E-state index contributed by atoms with van der Waals surface area (Å²) in [5.41, 5.74) is 2.06. The van der Waals surface area contributed by atoms with E-state index in [1.54, 1.807) is 26.0 Å². The summed E-state index contributed by atoms with van der Waals surface area (Å²) >= 11 is 0. The molecule has 1 N–H and O–H groups in total.